The molecule has 5 aromatic heterocycles. The number of para-hydroxylation sites is 1. The monoisotopic (exact) mass is 868 g/mol. The van der Waals surface area contributed by atoms with Gasteiger partial charge in [-0.05, 0) is 48.4 Å². The maximum atomic E-state index is 14.4. The normalized spacial score (nSPS) is 10.8. The van der Waals surface area contributed by atoms with Crippen molar-refractivity contribution in [3.05, 3.63) is 159 Å². The van der Waals surface area contributed by atoms with E-state index in [2.05, 4.69) is 15.7 Å². The number of esters is 1. The molecular weight excluding hydrogens is 842 g/mol. The Labute approximate surface area is 349 Å². The van der Waals surface area contributed by atoms with Crippen LogP contribution >= 0.6 is 22.7 Å². The first-order valence-electron chi connectivity index (χ1n) is 17.6. The molecule has 0 aliphatic heterocycles. The van der Waals surface area contributed by atoms with Gasteiger partial charge in [0.25, 0.3) is 5.91 Å². The fourth-order valence-corrected chi connectivity index (χ4v) is 7.56. The smallest absolute Gasteiger partial charge is 0.412 e. The molecule has 0 radical (unpaired) electrons. The third kappa shape index (κ3) is 8.97. The molecule has 0 aliphatic carbocycles. The van der Waals surface area contributed by atoms with Crippen LogP contribution in [-0.2, 0) is 11.3 Å². The number of carbonyl (C=O) groups is 5. The average Bonchev–Trinajstić information content (AvgIpc) is 4.05. The fraction of sp³-hybridized carbons (Fsp3) is 0.0476. The van der Waals surface area contributed by atoms with Crippen LogP contribution in [0.5, 0.6) is 5.75 Å². The quantitative estimate of drug-likeness (QED) is 0.0954. The number of anilines is 2. The van der Waals surface area contributed by atoms with Crippen LogP contribution in [-0.4, -0.2) is 49.7 Å². The number of thiophene rings is 2. The molecule has 3 aromatic carbocycles. The summed E-state index contributed by atoms with van der Waals surface area (Å²) in [7, 11) is 0. The van der Waals surface area contributed by atoms with E-state index >= 15 is 0 Å². The van der Waals surface area contributed by atoms with Gasteiger partial charge in [-0.2, -0.15) is 5.10 Å². The summed E-state index contributed by atoms with van der Waals surface area (Å²) in [6.45, 7) is 1.41. The second-order valence-corrected chi connectivity index (χ2v) is 14.5. The number of aryl methyl sites for hydroxylation is 1. The van der Waals surface area contributed by atoms with E-state index in [1.807, 2.05) is 6.07 Å². The Kier molecular flexibility index (Phi) is 11.9. The van der Waals surface area contributed by atoms with Gasteiger partial charge in [0, 0.05) is 33.5 Å². The number of halogens is 3. The number of pyridine rings is 1. The summed E-state index contributed by atoms with van der Waals surface area (Å²) in [4.78, 5) is 60.6. The molecule has 308 valence electrons. The van der Waals surface area contributed by atoms with E-state index in [0.29, 0.717) is 11.0 Å². The van der Waals surface area contributed by atoms with Crippen LogP contribution in [0, 0.1) is 24.4 Å². The minimum absolute atomic E-state index is 0.0158. The number of furan rings is 1. The van der Waals surface area contributed by atoms with E-state index in [0.717, 1.165) is 28.2 Å². The molecule has 61 heavy (non-hydrogen) atoms. The van der Waals surface area contributed by atoms with Crippen molar-refractivity contribution >= 4 is 79.1 Å². The van der Waals surface area contributed by atoms with Crippen LogP contribution < -0.4 is 15.4 Å². The Morgan fingerprint density at radius 3 is 2.21 bits per heavy atom. The molecule has 0 aliphatic rings. The molecule has 14 nitrogen and oxygen atoms in total. The number of benzene rings is 3. The van der Waals surface area contributed by atoms with Gasteiger partial charge >= 0.3 is 24.0 Å². The summed E-state index contributed by atoms with van der Waals surface area (Å²) < 4.78 is 59.1. The average molecular weight is 869 g/mol. The van der Waals surface area contributed by atoms with Gasteiger partial charge in [-0.3, -0.25) is 10.1 Å². The number of ether oxygens (including phenoxy) is 2. The van der Waals surface area contributed by atoms with E-state index in [4.69, 9.17) is 13.9 Å². The highest BCUT2D eigenvalue weighted by Crippen LogP contribution is 2.38. The number of carboxylic acid groups (broad SMARTS) is 2. The number of hydrogen-bond acceptors (Lipinski definition) is 11. The Balaban J connectivity index is 0.000000184. The summed E-state index contributed by atoms with van der Waals surface area (Å²) in [6, 6.07) is 24.0. The maximum absolute atomic E-state index is 14.4. The number of carboxylic acids is 2. The minimum Gasteiger partial charge on any atom is -0.478 e. The predicted octanol–water partition coefficient (Wildman–Crippen LogP) is 9.90. The molecule has 2 amide bonds. The lowest BCUT2D eigenvalue weighted by Gasteiger charge is -2.07. The van der Waals surface area contributed by atoms with E-state index < -0.39 is 47.4 Å². The molecule has 8 aromatic rings. The number of nitrogens with one attached hydrogen (secondary N) is 2. The number of carbonyl (C=O) groups excluding carboxylic acids is 3. The second-order valence-electron chi connectivity index (χ2n) is 12.7. The van der Waals surface area contributed by atoms with Crippen molar-refractivity contribution < 1.29 is 61.2 Å². The van der Waals surface area contributed by atoms with Crippen molar-refractivity contribution in [1.82, 2.24) is 9.61 Å². The molecule has 0 saturated heterocycles. The second kappa shape index (κ2) is 17.6. The first-order chi connectivity index (χ1) is 29.3. The van der Waals surface area contributed by atoms with Gasteiger partial charge in [-0.1, -0.05) is 60.7 Å². The number of nitrogens with zero attached hydrogens (tertiary/aromatic N) is 2. The van der Waals surface area contributed by atoms with Crippen LogP contribution in [0.15, 0.2) is 112 Å². The molecular formula is C42H27F3N4O10S2. The lowest BCUT2D eigenvalue weighted by molar-refractivity contribution is 0.0666. The molecule has 0 saturated carbocycles. The summed E-state index contributed by atoms with van der Waals surface area (Å²) in [6.07, 6.45) is 0.624. The highest BCUT2D eigenvalue weighted by molar-refractivity contribution is 7.15. The molecule has 0 bridgehead atoms. The lowest BCUT2D eigenvalue weighted by Crippen LogP contribution is -2.15. The third-order valence-corrected chi connectivity index (χ3v) is 10.5. The number of amides is 2. The molecule has 0 atom stereocenters. The van der Waals surface area contributed by atoms with Crippen molar-refractivity contribution in [2.75, 3.05) is 10.6 Å². The molecule has 5 heterocycles. The molecule has 19 heteroatoms. The van der Waals surface area contributed by atoms with E-state index in [9.17, 15) is 47.4 Å². The number of aromatic carboxylic acids is 2. The SMILES string of the molecule is Cc1ccc(-c2csc(NC(=O)c3cc4c(F)cccn4n3)c2C(=O)O)c(F)c1F.O=C(Nc1scc(OC(=O)c2cc3ccccc3o2)c1C(=O)O)OCc1ccccc1. The third-order valence-electron chi connectivity index (χ3n) is 8.71. The Morgan fingerprint density at radius 1 is 0.787 bits per heavy atom. The minimum atomic E-state index is -1.43. The highest BCUT2D eigenvalue weighted by Gasteiger charge is 2.27. The fourth-order valence-electron chi connectivity index (χ4n) is 5.77. The van der Waals surface area contributed by atoms with Gasteiger partial charge < -0.3 is 29.4 Å². The lowest BCUT2D eigenvalue weighted by atomic mass is 10.0. The summed E-state index contributed by atoms with van der Waals surface area (Å²) in [5.41, 5.74) is 0.253. The van der Waals surface area contributed by atoms with Crippen LogP contribution in [0.3, 0.4) is 0 Å². The molecule has 8 rings (SSSR count). The first kappa shape index (κ1) is 41.4. The van der Waals surface area contributed by atoms with Crippen molar-refractivity contribution in [2.24, 2.45) is 0 Å². The first-order valence-corrected chi connectivity index (χ1v) is 19.3. The van der Waals surface area contributed by atoms with Crippen molar-refractivity contribution in [3.63, 3.8) is 0 Å². The summed E-state index contributed by atoms with van der Waals surface area (Å²) >= 11 is 1.74. The van der Waals surface area contributed by atoms with Crippen molar-refractivity contribution in [1.29, 1.82) is 0 Å². The molecule has 4 N–H and O–H groups in total. The number of fused-ring (bicyclic) bond motifs is 2. The van der Waals surface area contributed by atoms with Gasteiger partial charge in [-0.15, -0.1) is 22.7 Å². The van der Waals surface area contributed by atoms with Crippen molar-refractivity contribution in [2.45, 2.75) is 13.5 Å². The zero-order valence-corrected chi connectivity index (χ0v) is 32.7. The standard InChI is InChI=1S/C22H15NO7S.C20H12F3N3O3S/c24-20(25)18-17(30-21(26)16-10-14-8-4-5-9-15(14)29-16)12-31-19(18)23-22(27)28-11-13-6-2-1-3-7-13;1-9-4-5-10(17(23)16(9)22)11-8-30-19(15(11)20(28)29)24-18(27)13-7-14-12(21)3-2-6-26(14)25-13/h1-10,12H,11H2,(H,23,27)(H,24,25);2-8H,1H3,(H,24,27)(H,28,29). The largest absolute Gasteiger partial charge is 0.478 e. The summed E-state index contributed by atoms with van der Waals surface area (Å²) in [5.74, 6) is -7.53. The van der Waals surface area contributed by atoms with Gasteiger partial charge in [0.1, 0.15) is 44.7 Å². The van der Waals surface area contributed by atoms with Gasteiger partial charge in [0.05, 0.1) is 0 Å². The zero-order valence-electron chi connectivity index (χ0n) is 31.1. The summed E-state index contributed by atoms with van der Waals surface area (Å²) in [5, 5.41) is 31.2. The van der Waals surface area contributed by atoms with Crippen LogP contribution in [0.4, 0.5) is 28.0 Å². The van der Waals surface area contributed by atoms with Gasteiger partial charge in [0.2, 0.25) is 5.76 Å². The highest BCUT2D eigenvalue weighted by atomic mass is 32.1. The topological polar surface area (TPSA) is 199 Å². The Hall–Kier alpha value is -7.77. The zero-order chi connectivity index (χ0) is 43.4. The van der Waals surface area contributed by atoms with Crippen LogP contribution in [0.1, 0.15) is 52.9 Å². The van der Waals surface area contributed by atoms with E-state index in [1.54, 1.807) is 48.5 Å². The molecule has 0 unspecified atom stereocenters. The molecule has 0 fully saturated rings. The van der Waals surface area contributed by atoms with Gasteiger partial charge in [-0.25, -0.2) is 36.9 Å². The van der Waals surface area contributed by atoms with Gasteiger partial charge in [0.15, 0.2) is 23.1 Å². The maximum Gasteiger partial charge on any atom is 0.412 e. The van der Waals surface area contributed by atoms with Crippen LogP contribution in [0.2, 0.25) is 0 Å². The predicted molar refractivity (Wildman–Crippen MR) is 217 cm³/mol. The van der Waals surface area contributed by atoms with Crippen molar-refractivity contribution in [3.8, 4) is 16.9 Å². The Morgan fingerprint density at radius 2 is 1.49 bits per heavy atom. The Bertz CT molecular complexity index is 2960. The van der Waals surface area contributed by atoms with E-state index in [-0.39, 0.29) is 67.1 Å². The number of rotatable bonds is 10. The number of aromatic nitrogens is 2. The number of hydrogen-bond donors (Lipinski definition) is 4. The van der Waals surface area contributed by atoms with E-state index in [1.165, 1.54) is 64.8 Å². The molecule has 0 spiro atoms. The van der Waals surface area contributed by atoms with Crippen LogP contribution in [0.25, 0.3) is 27.6 Å².